The van der Waals surface area contributed by atoms with Crippen molar-refractivity contribution in [1.29, 1.82) is 0 Å². The van der Waals surface area contributed by atoms with Crippen LogP contribution in [0.25, 0.3) is 0 Å². The van der Waals surface area contributed by atoms with E-state index >= 15 is 0 Å². The largest absolute Gasteiger partial charge is 0.477 e. The molecule has 5 aromatic rings. The van der Waals surface area contributed by atoms with Crippen LogP contribution in [0.3, 0.4) is 0 Å². The Hall–Kier alpha value is -5.72. The highest BCUT2D eigenvalue weighted by Gasteiger charge is 2.54. The highest BCUT2D eigenvalue weighted by molar-refractivity contribution is 8.01. The number of carboxylic acid groups (broad SMARTS) is 1. The van der Waals surface area contributed by atoms with Crippen LogP contribution in [-0.4, -0.2) is 87.8 Å². The summed E-state index contributed by atoms with van der Waals surface area (Å²) in [5, 5.41) is 33.5. The van der Waals surface area contributed by atoms with E-state index in [-0.39, 0.29) is 29.0 Å². The quantitative estimate of drug-likeness (QED) is 0.0316. The highest BCUT2D eigenvalue weighted by Crippen LogP contribution is 2.42. The monoisotopic (exact) mass is 782 g/mol. The number of carbonyl (C=O) groups is 3. The maximum atomic E-state index is 14.0. The van der Waals surface area contributed by atoms with Gasteiger partial charge >= 0.3 is 5.97 Å². The normalized spacial score (nSPS) is 17.2. The summed E-state index contributed by atoms with van der Waals surface area (Å²) < 4.78 is 0. The van der Waals surface area contributed by atoms with E-state index in [1.165, 1.54) is 28.0 Å². The smallest absolute Gasteiger partial charge is 0.352 e. The van der Waals surface area contributed by atoms with Crippen LogP contribution in [0.15, 0.2) is 118 Å². The Labute approximate surface area is 322 Å². The number of nitrogen functional groups attached to an aromatic ring is 1. The fourth-order valence-corrected chi connectivity index (χ4v) is 9.21. The topological polar surface area (TPSA) is 203 Å². The van der Waals surface area contributed by atoms with Crippen LogP contribution in [0.2, 0.25) is 0 Å². The predicted octanol–water partition coefficient (Wildman–Crippen LogP) is 3.91. The molecule has 15 nitrogen and oxygen atoms in total. The molecule has 1 fully saturated rings. The van der Waals surface area contributed by atoms with Crippen molar-refractivity contribution in [2.75, 3.05) is 22.7 Å². The van der Waals surface area contributed by atoms with Crippen LogP contribution >= 0.6 is 34.9 Å². The van der Waals surface area contributed by atoms with Gasteiger partial charge in [0.25, 0.3) is 11.8 Å². The number of thioether (sulfide) groups is 2. The molecule has 2 aliphatic heterocycles. The molecular formula is C36H34N10O5S3. The number of thiazole rings is 1. The third-order valence-electron chi connectivity index (χ3n) is 8.61. The number of hydrogen-bond donors (Lipinski definition) is 4. The van der Waals surface area contributed by atoms with E-state index in [0.29, 0.717) is 21.6 Å². The molecule has 0 aliphatic carbocycles. The molecule has 0 radical (unpaired) electrons. The molecule has 2 atom stereocenters. The Bertz CT molecular complexity index is 2120. The third-order valence-corrected chi connectivity index (χ3v) is 11.7. The van der Waals surface area contributed by atoms with Crippen molar-refractivity contribution < 1.29 is 24.3 Å². The molecule has 4 heterocycles. The van der Waals surface area contributed by atoms with Gasteiger partial charge in [0.2, 0.25) is 5.16 Å². The van der Waals surface area contributed by atoms with Gasteiger partial charge < -0.3 is 26.4 Å². The lowest BCUT2D eigenvalue weighted by atomic mass is 9.77. The molecule has 2 amide bonds. The first-order valence-corrected chi connectivity index (χ1v) is 19.6. The number of carboxylic acids is 1. The van der Waals surface area contributed by atoms with Crippen molar-refractivity contribution in [2.24, 2.45) is 5.16 Å². The van der Waals surface area contributed by atoms with Gasteiger partial charge in [0.05, 0.1) is 0 Å². The van der Waals surface area contributed by atoms with Crippen LogP contribution in [0.5, 0.6) is 0 Å². The molecule has 3 aromatic carbocycles. The SMILES string of the molecule is CC(C)ON=C(C(=O)N[C@@H]1C(=O)N2C(C(=O)O)=C(CSc3nnnn3N)CS[C@@H]12)c1csc(NC(c2ccccc2)(c2ccccc2)c2ccccc2)n1. The Morgan fingerprint density at radius 2 is 1.65 bits per heavy atom. The Kier molecular flexibility index (Phi) is 10.7. The number of hydrogen-bond acceptors (Lipinski definition) is 14. The number of aromatic nitrogens is 5. The molecule has 276 valence electrons. The maximum absolute atomic E-state index is 14.0. The molecule has 2 aromatic heterocycles. The van der Waals surface area contributed by atoms with Gasteiger partial charge in [-0.1, -0.05) is 113 Å². The fraction of sp³-hybridized carbons (Fsp3) is 0.222. The molecule has 0 spiro atoms. The number of oxime groups is 1. The van der Waals surface area contributed by atoms with Crippen LogP contribution in [0.4, 0.5) is 5.13 Å². The summed E-state index contributed by atoms with van der Waals surface area (Å²) in [6.07, 6.45) is -0.357. The molecule has 18 heteroatoms. The first-order chi connectivity index (χ1) is 26.2. The average Bonchev–Trinajstić information content (AvgIpc) is 3.83. The van der Waals surface area contributed by atoms with Crippen LogP contribution in [-0.2, 0) is 24.8 Å². The fourth-order valence-electron chi connectivity index (χ4n) is 6.18. The number of rotatable bonds is 14. The van der Waals surface area contributed by atoms with Crippen molar-refractivity contribution in [3.8, 4) is 0 Å². The lowest BCUT2D eigenvalue weighted by molar-refractivity contribution is -0.150. The number of tetrazole rings is 1. The predicted molar refractivity (Wildman–Crippen MR) is 206 cm³/mol. The van der Waals surface area contributed by atoms with E-state index in [4.69, 9.17) is 15.7 Å². The molecule has 54 heavy (non-hydrogen) atoms. The number of β-lactam (4-membered cyclic amide) rings is 1. The molecule has 2 aliphatic rings. The van der Waals surface area contributed by atoms with Gasteiger partial charge in [-0.25, -0.2) is 9.78 Å². The Morgan fingerprint density at radius 3 is 2.19 bits per heavy atom. The first kappa shape index (κ1) is 36.6. The van der Waals surface area contributed by atoms with Crippen molar-refractivity contribution in [2.45, 2.75) is 42.1 Å². The standard InChI is InChI=1S/C36H34N10O5S3/c1-21(2)51-42-27(30(47)39-28-31(48)45-29(33(49)50)22(18-52-32(28)45)19-54-35-41-43-44-46(35)37)26-20-53-34(38-26)40-36(23-12-6-3-7-13-23,24-14-8-4-9-15-24)25-16-10-5-11-17-25/h3-17,20-21,28,32H,18-19,37H2,1-2H3,(H,38,40)(H,39,47)(H,49,50)/t28-,32+/m1/s1. The summed E-state index contributed by atoms with van der Waals surface area (Å²) in [7, 11) is 0. The van der Waals surface area contributed by atoms with Gasteiger partial charge in [0, 0.05) is 16.9 Å². The molecule has 0 saturated carbocycles. The van der Waals surface area contributed by atoms with Gasteiger partial charge in [-0.15, -0.1) is 27.9 Å². The lowest BCUT2D eigenvalue weighted by Gasteiger charge is -2.49. The van der Waals surface area contributed by atoms with Crippen molar-refractivity contribution in [3.05, 3.63) is 130 Å². The van der Waals surface area contributed by atoms with E-state index in [9.17, 15) is 19.5 Å². The summed E-state index contributed by atoms with van der Waals surface area (Å²) in [6, 6.07) is 29.1. The second kappa shape index (κ2) is 15.7. The molecule has 0 unspecified atom stereocenters. The molecule has 0 bridgehead atoms. The number of nitrogens with zero attached hydrogens (tertiary/aromatic N) is 7. The van der Waals surface area contributed by atoms with Gasteiger partial charge in [-0.2, -0.15) is 0 Å². The number of aliphatic carboxylic acids is 1. The summed E-state index contributed by atoms with van der Waals surface area (Å²) >= 11 is 3.78. The lowest BCUT2D eigenvalue weighted by Crippen LogP contribution is -2.71. The number of carbonyl (C=O) groups excluding carboxylic acids is 2. The van der Waals surface area contributed by atoms with Gasteiger partial charge in [-0.05, 0) is 46.5 Å². The van der Waals surface area contributed by atoms with Crippen LogP contribution < -0.4 is 16.5 Å². The molecule has 1 saturated heterocycles. The minimum atomic E-state index is -1.26. The van der Waals surface area contributed by atoms with E-state index in [0.717, 1.165) is 33.2 Å². The van der Waals surface area contributed by atoms with E-state index in [1.807, 2.05) is 54.6 Å². The van der Waals surface area contributed by atoms with Crippen LogP contribution in [0.1, 0.15) is 36.2 Å². The van der Waals surface area contributed by atoms with Gasteiger partial charge in [-0.3, -0.25) is 14.5 Å². The zero-order valence-electron chi connectivity index (χ0n) is 28.9. The summed E-state index contributed by atoms with van der Waals surface area (Å²) in [5.74, 6) is 3.68. The summed E-state index contributed by atoms with van der Waals surface area (Å²) in [4.78, 5) is 52.4. The zero-order chi connectivity index (χ0) is 37.8. The minimum absolute atomic E-state index is 0.129. The average molecular weight is 783 g/mol. The number of nitrogens with two attached hydrogens (primary N) is 1. The number of benzene rings is 3. The van der Waals surface area contributed by atoms with Crippen molar-refractivity contribution >= 4 is 63.5 Å². The number of fused-ring (bicyclic) bond motifs is 1. The minimum Gasteiger partial charge on any atom is -0.477 e. The number of anilines is 1. The summed E-state index contributed by atoms with van der Waals surface area (Å²) in [5.41, 5.74) is 2.53. The van der Waals surface area contributed by atoms with Crippen LogP contribution in [0, 0.1) is 0 Å². The van der Waals surface area contributed by atoms with Crippen molar-refractivity contribution in [1.82, 2.24) is 35.5 Å². The Balaban J connectivity index is 1.15. The Morgan fingerprint density at radius 1 is 1.04 bits per heavy atom. The zero-order valence-corrected chi connectivity index (χ0v) is 31.3. The van der Waals surface area contributed by atoms with Gasteiger partial charge in [0.15, 0.2) is 10.8 Å². The van der Waals surface area contributed by atoms with E-state index in [1.54, 1.807) is 19.2 Å². The second-order valence-electron chi connectivity index (χ2n) is 12.4. The molecular weight excluding hydrogens is 749 g/mol. The van der Waals surface area contributed by atoms with E-state index in [2.05, 4.69) is 67.7 Å². The maximum Gasteiger partial charge on any atom is 0.352 e. The summed E-state index contributed by atoms with van der Waals surface area (Å²) in [6.45, 7) is 3.55. The third kappa shape index (κ3) is 7.14. The van der Waals surface area contributed by atoms with E-state index < -0.39 is 34.7 Å². The number of amides is 2. The molecule has 5 N–H and O–H groups in total. The number of nitrogens with one attached hydrogen (secondary N) is 2. The van der Waals surface area contributed by atoms with Gasteiger partial charge in [0.1, 0.15) is 34.4 Å². The first-order valence-electron chi connectivity index (χ1n) is 16.7. The van der Waals surface area contributed by atoms with Crippen molar-refractivity contribution in [3.63, 3.8) is 0 Å². The molecule has 7 rings (SSSR count). The highest BCUT2D eigenvalue weighted by atomic mass is 32.2. The second-order valence-corrected chi connectivity index (χ2v) is 15.3.